The molecule has 1 aliphatic carbocycles. The summed E-state index contributed by atoms with van der Waals surface area (Å²) < 4.78 is 0. The fourth-order valence-corrected chi connectivity index (χ4v) is 1.00. The zero-order chi connectivity index (χ0) is 7.68. The highest BCUT2D eigenvalue weighted by Gasteiger charge is 2.20. The second-order valence-corrected chi connectivity index (χ2v) is 2.93. The quantitative estimate of drug-likeness (QED) is 0.665. The Morgan fingerprint density at radius 3 is 2.91 bits per heavy atom. The van der Waals surface area contributed by atoms with Crippen LogP contribution < -0.4 is 11.1 Å². The van der Waals surface area contributed by atoms with Gasteiger partial charge in [-0.2, -0.15) is 0 Å². The molecular weight excluding hydrogens is 138 g/mol. The first-order chi connectivity index (χ1) is 5.34. The van der Waals surface area contributed by atoms with E-state index in [0.717, 1.165) is 11.4 Å². The maximum Gasteiger partial charge on any atom is 0.0549 e. The van der Waals surface area contributed by atoms with Crippen molar-refractivity contribution in [2.24, 2.45) is 0 Å². The molecule has 1 aromatic heterocycles. The van der Waals surface area contributed by atoms with E-state index in [2.05, 4.69) is 10.3 Å². The molecule has 1 saturated carbocycles. The lowest BCUT2D eigenvalue weighted by Crippen LogP contribution is -2.01. The van der Waals surface area contributed by atoms with Gasteiger partial charge in [0.05, 0.1) is 17.6 Å². The van der Waals surface area contributed by atoms with Crippen molar-refractivity contribution in [3.63, 3.8) is 0 Å². The van der Waals surface area contributed by atoms with E-state index in [1.807, 2.05) is 6.07 Å². The highest BCUT2D eigenvalue weighted by atomic mass is 15.0. The van der Waals surface area contributed by atoms with Gasteiger partial charge in [0.15, 0.2) is 0 Å². The molecule has 0 amide bonds. The number of nitrogens with two attached hydrogens (primary N) is 1. The first-order valence-corrected chi connectivity index (χ1v) is 3.81. The fourth-order valence-electron chi connectivity index (χ4n) is 1.00. The number of hydrogen-bond acceptors (Lipinski definition) is 3. The summed E-state index contributed by atoms with van der Waals surface area (Å²) in [6, 6.07) is 2.57. The number of hydrogen-bond donors (Lipinski definition) is 2. The number of nitrogens with one attached hydrogen (secondary N) is 1. The SMILES string of the molecule is Nc1cncc(NC2CC2)c1. The van der Waals surface area contributed by atoms with Gasteiger partial charge in [0, 0.05) is 12.2 Å². The molecule has 3 nitrogen and oxygen atoms in total. The van der Waals surface area contributed by atoms with E-state index in [-0.39, 0.29) is 0 Å². The Morgan fingerprint density at radius 1 is 1.45 bits per heavy atom. The van der Waals surface area contributed by atoms with Crippen LogP contribution in [0.4, 0.5) is 11.4 Å². The van der Waals surface area contributed by atoms with E-state index in [9.17, 15) is 0 Å². The summed E-state index contributed by atoms with van der Waals surface area (Å²) in [5.41, 5.74) is 7.31. The van der Waals surface area contributed by atoms with Crippen molar-refractivity contribution in [3.8, 4) is 0 Å². The third-order valence-electron chi connectivity index (χ3n) is 1.71. The minimum atomic E-state index is 0.665. The number of nitrogens with zero attached hydrogens (tertiary/aromatic N) is 1. The third kappa shape index (κ3) is 1.61. The summed E-state index contributed by atoms with van der Waals surface area (Å²) in [4.78, 5) is 3.98. The number of rotatable bonds is 2. The van der Waals surface area contributed by atoms with E-state index in [1.165, 1.54) is 12.8 Å². The van der Waals surface area contributed by atoms with Gasteiger partial charge >= 0.3 is 0 Å². The van der Waals surface area contributed by atoms with Crippen LogP contribution in [-0.4, -0.2) is 11.0 Å². The molecule has 0 aliphatic heterocycles. The van der Waals surface area contributed by atoms with Crippen molar-refractivity contribution < 1.29 is 0 Å². The van der Waals surface area contributed by atoms with Crippen LogP contribution in [0.15, 0.2) is 18.5 Å². The highest BCUT2D eigenvalue weighted by molar-refractivity contribution is 5.52. The summed E-state index contributed by atoms with van der Waals surface area (Å²) in [5.74, 6) is 0. The molecule has 3 heteroatoms. The first-order valence-electron chi connectivity index (χ1n) is 3.81. The Balaban J connectivity index is 2.10. The maximum absolute atomic E-state index is 5.55. The summed E-state index contributed by atoms with van der Waals surface area (Å²) in [5, 5.41) is 3.31. The van der Waals surface area contributed by atoms with Crippen molar-refractivity contribution in [1.29, 1.82) is 0 Å². The molecule has 0 radical (unpaired) electrons. The zero-order valence-electron chi connectivity index (χ0n) is 6.25. The minimum absolute atomic E-state index is 0.665. The van der Waals surface area contributed by atoms with E-state index < -0.39 is 0 Å². The van der Waals surface area contributed by atoms with Gasteiger partial charge in [-0.15, -0.1) is 0 Å². The van der Waals surface area contributed by atoms with E-state index in [1.54, 1.807) is 12.4 Å². The van der Waals surface area contributed by atoms with Crippen LogP contribution in [0.3, 0.4) is 0 Å². The summed E-state index contributed by atoms with van der Waals surface area (Å²) in [7, 11) is 0. The zero-order valence-corrected chi connectivity index (χ0v) is 6.25. The fraction of sp³-hybridized carbons (Fsp3) is 0.375. The smallest absolute Gasteiger partial charge is 0.0549 e. The van der Waals surface area contributed by atoms with E-state index >= 15 is 0 Å². The normalized spacial score (nSPS) is 16.4. The summed E-state index contributed by atoms with van der Waals surface area (Å²) in [6.45, 7) is 0. The predicted molar refractivity (Wildman–Crippen MR) is 45.3 cm³/mol. The number of nitrogen functional groups attached to an aromatic ring is 1. The van der Waals surface area contributed by atoms with Gasteiger partial charge in [-0.05, 0) is 18.9 Å². The second kappa shape index (κ2) is 2.42. The molecule has 2 rings (SSSR count). The standard InChI is InChI=1S/C8H11N3/c9-6-3-8(5-10-4-6)11-7-1-2-7/h3-5,7,11H,1-2,9H2. The topological polar surface area (TPSA) is 50.9 Å². The highest BCUT2D eigenvalue weighted by Crippen LogP contribution is 2.24. The second-order valence-electron chi connectivity index (χ2n) is 2.93. The third-order valence-corrected chi connectivity index (χ3v) is 1.71. The van der Waals surface area contributed by atoms with Crippen molar-refractivity contribution in [2.75, 3.05) is 11.1 Å². The molecule has 1 aliphatic rings. The maximum atomic E-state index is 5.55. The molecule has 0 unspecified atom stereocenters. The lowest BCUT2D eigenvalue weighted by Gasteiger charge is -2.02. The summed E-state index contributed by atoms with van der Waals surface area (Å²) in [6.07, 6.45) is 6.00. The van der Waals surface area contributed by atoms with Crippen molar-refractivity contribution in [2.45, 2.75) is 18.9 Å². The molecule has 11 heavy (non-hydrogen) atoms. The summed E-state index contributed by atoms with van der Waals surface area (Å²) >= 11 is 0. The molecule has 0 aromatic carbocycles. The van der Waals surface area contributed by atoms with Gasteiger partial charge in [-0.3, -0.25) is 4.98 Å². The van der Waals surface area contributed by atoms with Crippen molar-refractivity contribution in [1.82, 2.24) is 4.98 Å². The average molecular weight is 149 g/mol. The van der Waals surface area contributed by atoms with Gasteiger partial charge in [0.1, 0.15) is 0 Å². The molecule has 1 fully saturated rings. The van der Waals surface area contributed by atoms with Gasteiger partial charge in [0.25, 0.3) is 0 Å². The molecular formula is C8H11N3. The number of pyridine rings is 1. The Bertz CT molecular complexity index is 255. The Kier molecular flexibility index (Phi) is 1.42. The molecule has 0 bridgehead atoms. The Labute approximate surface area is 65.6 Å². The molecule has 0 saturated heterocycles. The molecule has 0 spiro atoms. The molecule has 3 N–H and O–H groups in total. The van der Waals surface area contributed by atoms with Crippen LogP contribution in [0.1, 0.15) is 12.8 Å². The van der Waals surface area contributed by atoms with Gasteiger partial charge < -0.3 is 11.1 Å². The van der Waals surface area contributed by atoms with E-state index in [0.29, 0.717) is 6.04 Å². The van der Waals surface area contributed by atoms with Crippen molar-refractivity contribution >= 4 is 11.4 Å². The predicted octanol–water partition coefficient (Wildman–Crippen LogP) is 1.24. The van der Waals surface area contributed by atoms with Gasteiger partial charge in [-0.25, -0.2) is 0 Å². The Morgan fingerprint density at radius 2 is 2.27 bits per heavy atom. The molecule has 58 valence electrons. The molecule has 0 atom stereocenters. The lowest BCUT2D eigenvalue weighted by molar-refractivity contribution is 1.14. The van der Waals surface area contributed by atoms with Gasteiger partial charge in [-0.1, -0.05) is 0 Å². The molecule has 1 aromatic rings. The Hall–Kier alpha value is -1.25. The number of aromatic nitrogens is 1. The van der Waals surface area contributed by atoms with Crippen molar-refractivity contribution in [3.05, 3.63) is 18.5 Å². The monoisotopic (exact) mass is 149 g/mol. The first kappa shape index (κ1) is 6.46. The lowest BCUT2D eigenvalue weighted by atomic mass is 10.4. The van der Waals surface area contributed by atoms with Crippen LogP contribution in [-0.2, 0) is 0 Å². The number of anilines is 2. The van der Waals surface area contributed by atoms with Crippen LogP contribution >= 0.6 is 0 Å². The average Bonchev–Trinajstić information content (AvgIpc) is 2.71. The van der Waals surface area contributed by atoms with Gasteiger partial charge in [0.2, 0.25) is 0 Å². The minimum Gasteiger partial charge on any atom is -0.397 e. The van der Waals surface area contributed by atoms with E-state index in [4.69, 9.17) is 5.73 Å². The van der Waals surface area contributed by atoms with Crippen LogP contribution in [0.5, 0.6) is 0 Å². The van der Waals surface area contributed by atoms with Crippen LogP contribution in [0, 0.1) is 0 Å². The van der Waals surface area contributed by atoms with Crippen LogP contribution in [0.25, 0.3) is 0 Å². The largest absolute Gasteiger partial charge is 0.397 e. The van der Waals surface area contributed by atoms with Crippen LogP contribution in [0.2, 0.25) is 0 Å². The molecule has 1 heterocycles.